The van der Waals surface area contributed by atoms with Crippen LogP contribution in [0.1, 0.15) is 10.4 Å². The SMILES string of the molecule is CNC(=O)c1csc2cccc(Br)c12. The summed E-state index contributed by atoms with van der Waals surface area (Å²) < 4.78 is 2.09. The predicted octanol–water partition coefficient (Wildman–Crippen LogP) is 3.02. The molecular weight excluding hydrogens is 262 g/mol. The van der Waals surface area contributed by atoms with Gasteiger partial charge >= 0.3 is 0 Å². The third-order valence-corrected chi connectivity index (χ3v) is 3.63. The van der Waals surface area contributed by atoms with E-state index in [2.05, 4.69) is 21.2 Å². The molecule has 0 radical (unpaired) electrons. The van der Waals surface area contributed by atoms with Gasteiger partial charge in [-0.25, -0.2) is 0 Å². The summed E-state index contributed by atoms with van der Waals surface area (Å²) in [6.07, 6.45) is 0. The van der Waals surface area contributed by atoms with E-state index in [0.717, 1.165) is 20.1 Å². The molecule has 1 N–H and O–H groups in total. The number of hydrogen-bond donors (Lipinski definition) is 1. The van der Waals surface area contributed by atoms with Gasteiger partial charge in [0.05, 0.1) is 5.56 Å². The maximum absolute atomic E-state index is 11.5. The van der Waals surface area contributed by atoms with Gasteiger partial charge in [0.2, 0.25) is 0 Å². The number of carbonyl (C=O) groups is 1. The lowest BCUT2D eigenvalue weighted by molar-refractivity contribution is 0.0965. The van der Waals surface area contributed by atoms with Crippen LogP contribution >= 0.6 is 27.3 Å². The average Bonchev–Trinajstić information content (AvgIpc) is 2.62. The molecule has 0 fully saturated rings. The van der Waals surface area contributed by atoms with Crippen molar-refractivity contribution in [2.45, 2.75) is 0 Å². The molecule has 1 heterocycles. The summed E-state index contributed by atoms with van der Waals surface area (Å²) in [4.78, 5) is 11.5. The van der Waals surface area contributed by atoms with Crippen molar-refractivity contribution in [1.82, 2.24) is 5.32 Å². The fourth-order valence-electron chi connectivity index (χ4n) is 1.35. The van der Waals surface area contributed by atoms with E-state index >= 15 is 0 Å². The van der Waals surface area contributed by atoms with Crippen LogP contribution in [0.5, 0.6) is 0 Å². The van der Waals surface area contributed by atoms with Crippen LogP contribution in [-0.4, -0.2) is 13.0 Å². The second-order valence-electron chi connectivity index (χ2n) is 2.84. The van der Waals surface area contributed by atoms with E-state index in [1.54, 1.807) is 18.4 Å². The highest BCUT2D eigenvalue weighted by Gasteiger charge is 2.12. The Morgan fingerprint density at radius 2 is 2.29 bits per heavy atom. The second kappa shape index (κ2) is 3.71. The Kier molecular flexibility index (Phi) is 2.56. The number of benzene rings is 1. The molecule has 1 aromatic heterocycles. The highest BCUT2D eigenvalue weighted by molar-refractivity contribution is 9.10. The normalized spacial score (nSPS) is 10.4. The molecule has 0 unspecified atom stereocenters. The van der Waals surface area contributed by atoms with Gasteiger partial charge < -0.3 is 5.32 Å². The van der Waals surface area contributed by atoms with Crippen LogP contribution in [0.4, 0.5) is 0 Å². The molecule has 0 aliphatic rings. The topological polar surface area (TPSA) is 29.1 Å². The first-order chi connectivity index (χ1) is 6.74. The highest BCUT2D eigenvalue weighted by Crippen LogP contribution is 2.31. The average molecular weight is 270 g/mol. The van der Waals surface area contributed by atoms with Crippen molar-refractivity contribution in [1.29, 1.82) is 0 Å². The predicted molar refractivity (Wildman–Crippen MR) is 62.9 cm³/mol. The lowest BCUT2D eigenvalue weighted by Crippen LogP contribution is -2.17. The van der Waals surface area contributed by atoms with E-state index in [4.69, 9.17) is 0 Å². The molecule has 4 heteroatoms. The van der Waals surface area contributed by atoms with Crippen molar-refractivity contribution < 1.29 is 4.79 Å². The van der Waals surface area contributed by atoms with Crippen LogP contribution in [0, 0.1) is 0 Å². The first-order valence-electron chi connectivity index (χ1n) is 4.12. The van der Waals surface area contributed by atoms with Crippen molar-refractivity contribution in [3.05, 3.63) is 33.6 Å². The number of amides is 1. The summed E-state index contributed by atoms with van der Waals surface area (Å²) in [6.45, 7) is 0. The highest BCUT2D eigenvalue weighted by atomic mass is 79.9. The van der Waals surface area contributed by atoms with E-state index in [1.807, 2.05) is 23.6 Å². The Labute approximate surface area is 94.1 Å². The quantitative estimate of drug-likeness (QED) is 0.847. The minimum atomic E-state index is -0.0388. The standard InChI is InChI=1S/C10H8BrNOS/c1-12-10(13)6-5-14-8-4-2-3-7(11)9(6)8/h2-5H,1H3,(H,12,13). The number of halogens is 1. The van der Waals surface area contributed by atoms with E-state index in [0.29, 0.717) is 0 Å². The number of carbonyl (C=O) groups excluding carboxylic acids is 1. The summed E-state index contributed by atoms with van der Waals surface area (Å²) in [5, 5.41) is 5.51. The third-order valence-electron chi connectivity index (χ3n) is 2.02. The van der Waals surface area contributed by atoms with E-state index in [-0.39, 0.29) is 5.91 Å². The summed E-state index contributed by atoms with van der Waals surface area (Å²) in [7, 11) is 1.64. The number of nitrogens with one attached hydrogen (secondary N) is 1. The van der Waals surface area contributed by atoms with Crippen LogP contribution in [0.15, 0.2) is 28.1 Å². The molecule has 1 amide bonds. The Bertz CT molecular complexity index is 492. The summed E-state index contributed by atoms with van der Waals surface area (Å²) >= 11 is 5.03. The van der Waals surface area contributed by atoms with Gasteiger partial charge in [0.15, 0.2) is 0 Å². The van der Waals surface area contributed by atoms with Crippen LogP contribution in [0.25, 0.3) is 10.1 Å². The number of fused-ring (bicyclic) bond motifs is 1. The molecule has 2 rings (SSSR count). The molecule has 0 aliphatic carbocycles. The van der Waals surface area contributed by atoms with E-state index < -0.39 is 0 Å². The van der Waals surface area contributed by atoms with Gasteiger partial charge in [-0.15, -0.1) is 11.3 Å². The molecule has 2 aromatic rings. The Balaban J connectivity index is 2.73. The molecule has 0 atom stereocenters. The first kappa shape index (κ1) is 9.68. The van der Waals surface area contributed by atoms with Crippen molar-refractivity contribution in [2.75, 3.05) is 7.05 Å². The van der Waals surface area contributed by atoms with Gasteiger partial charge in [0.25, 0.3) is 5.91 Å². The fourth-order valence-corrected chi connectivity index (χ4v) is 3.02. The first-order valence-corrected chi connectivity index (χ1v) is 5.79. The lowest BCUT2D eigenvalue weighted by atomic mass is 10.2. The zero-order valence-electron chi connectivity index (χ0n) is 7.50. The van der Waals surface area contributed by atoms with Crippen molar-refractivity contribution in [3.8, 4) is 0 Å². The van der Waals surface area contributed by atoms with E-state index in [1.165, 1.54) is 0 Å². The lowest BCUT2D eigenvalue weighted by Gasteiger charge is -1.99. The van der Waals surface area contributed by atoms with Gasteiger partial charge in [0.1, 0.15) is 0 Å². The molecule has 0 spiro atoms. The zero-order valence-corrected chi connectivity index (χ0v) is 9.91. The second-order valence-corrected chi connectivity index (χ2v) is 4.61. The van der Waals surface area contributed by atoms with E-state index in [9.17, 15) is 4.79 Å². The van der Waals surface area contributed by atoms with Crippen LogP contribution in [0.2, 0.25) is 0 Å². The Morgan fingerprint density at radius 1 is 1.50 bits per heavy atom. The minimum absolute atomic E-state index is 0.0388. The summed E-state index contributed by atoms with van der Waals surface area (Å²) in [5.41, 5.74) is 0.736. The number of thiophene rings is 1. The Hall–Kier alpha value is -0.870. The zero-order chi connectivity index (χ0) is 10.1. The molecule has 14 heavy (non-hydrogen) atoms. The number of rotatable bonds is 1. The largest absolute Gasteiger partial charge is 0.355 e. The maximum Gasteiger partial charge on any atom is 0.252 e. The monoisotopic (exact) mass is 269 g/mol. The molecular formula is C10H8BrNOS. The van der Waals surface area contributed by atoms with Gasteiger partial charge in [-0.2, -0.15) is 0 Å². The van der Waals surface area contributed by atoms with Crippen LogP contribution in [-0.2, 0) is 0 Å². The molecule has 72 valence electrons. The number of hydrogen-bond acceptors (Lipinski definition) is 2. The molecule has 0 saturated heterocycles. The maximum atomic E-state index is 11.5. The summed E-state index contributed by atoms with van der Waals surface area (Å²) in [6, 6.07) is 5.93. The molecule has 2 nitrogen and oxygen atoms in total. The van der Waals surface area contributed by atoms with Crippen molar-refractivity contribution in [3.63, 3.8) is 0 Å². The summed E-state index contributed by atoms with van der Waals surface area (Å²) in [5.74, 6) is -0.0388. The van der Waals surface area contributed by atoms with Gasteiger partial charge in [-0.05, 0) is 12.1 Å². The molecule has 1 aromatic carbocycles. The Morgan fingerprint density at radius 3 is 3.00 bits per heavy atom. The van der Waals surface area contributed by atoms with Gasteiger partial charge in [-0.1, -0.05) is 22.0 Å². The minimum Gasteiger partial charge on any atom is -0.355 e. The molecule has 0 aliphatic heterocycles. The van der Waals surface area contributed by atoms with Crippen molar-refractivity contribution >= 4 is 43.3 Å². The third kappa shape index (κ3) is 1.44. The van der Waals surface area contributed by atoms with Crippen LogP contribution in [0.3, 0.4) is 0 Å². The van der Waals surface area contributed by atoms with Gasteiger partial charge in [0, 0.05) is 27.0 Å². The fraction of sp³-hybridized carbons (Fsp3) is 0.100. The smallest absolute Gasteiger partial charge is 0.252 e. The van der Waals surface area contributed by atoms with Gasteiger partial charge in [-0.3, -0.25) is 4.79 Å². The van der Waals surface area contributed by atoms with Crippen molar-refractivity contribution in [2.24, 2.45) is 0 Å². The molecule has 0 bridgehead atoms. The van der Waals surface area contributed by atoms with Crippen LogP contribution < -0.4 is 5.32 Å². The molecule has 0 saturated carbocycles.